The molecule has 0 radical (unpaired) electrons. The Morgan fingerprint density at radius 1 is 1.30 bits per heavy atom. The van der Waals surface area contributed by atoms with Crippen molar-refractivity contribution < 1.29 is 0 Å². The first-order chi connectivity index (χ1) is 4.47. The smallest absolute Gasteiger partial charge is 0.0797 e. The summed E-state index contributed by atoms with van der Waals surface area (Å²) in [7, 11) is 0. The monoisotopic (exact) mass is 219 g/mol. The van der Waals surface area contributed by atoms with Crippen molar-refractivity contribution in [3.8, 4) is 0 Å². The lowest BCUT2D eigenvalue weighted by Gasteiger charge is -2.06. The second-order valence-corrected chi connectivity index (χ2v) is 3.37. The lowest BCUT2D eigenvalue weighted by molar-refractivity contribution is 0.682. The standard InChI is InChI=1S/C7H9NS.BrH/c1-2-4-7-6(3-1)8-5-9-7;/h5H,1-4H2;1H. The Balaban J connectivity index is 0.000000500. The number of hydrogen-bond acceptors (Lipinski definition) is 2. The van der Waals surface area contributed by atoms with Gasteiger partial charge in [-0.3, -0.25) is 0 Å². The molecular formula is C7H10BrNS. The summed E-state index contributed by atoms with van der Waals surface area (Å²) in [6, 6.07) is 0. The molecule has 0 spiro atoms. The Morgan fingerprint density at radius 3 is 2.90 bits per heavy atom. The van der Waals surface area contributed by atoms with Crippen molar-refractivity contribution in [3.05, 3.63) is 16.1 Å². The molecule has 1 aromatic heterocycles. The molecule has 3 heteroatoms. The number of halogens is 1. The molecule has 10 heavy (non-hydrogen) atoms. The second-order valence-electron chi connectivity index (χ2n) is 2.43. The third kappa shape index (κ3) is 1.40. The minimum Gasteiger partial charge on any atom is -0.249 e. The van der Waals surface area contributed by atoms with Crippen LogP contribution in [0.5, 0.6) is 0 Å². The van der Waals surface area contributed by atoms with Gasteiger partial charge in [0.2, 0.25) is 0 Å². The maximum absolute atomic E-state index is 4.28. The summed E-state index contributed by atoms with van der Waals surface area (Å²) < 4.78 is 0. The molecule has 0 N–H and O–H groups in total. The summed E-state index contributed by atoms with van der Waals surface area (Å²) in [6.07, 6.45) is 5.21. The van der Waals surface area contributed by atoms with Gasteiger partial charge in [-0.2, -0.15) is 0 Å². The van der Waals surface area contributed by atoms with Crippen LogP contribution in [-0.4, -0.2) is 4.98 Å². The van der Waals surface area contributed by atoms with E-state index in [4.69, 9.17) is 0 Å². The molecule has 1 heterocycles. The molecule has 0 saturated heterocycles. The van der Waals surface area contributed by atoms with Crippen LogP contribution in [-0.2, 0) is 12.8 Å². The highest BCUT2D eigenvalue weighted by Crippen LogP contribution is 2.22. The highest BCUT2D eigenvalue weighted by Gasteiger charge is 2.09. The Kier molecular flexibility index (Phi) is 2.86. The van der Waals surface area contributed by atoms with Crippen LogP contribution in [0.3, 0.4) is 0 Å². The van der Waals surface area contributed by atoms with Gasteiger partial charge in [-0.1, -0.05) is 0 Å². The Bertz CT molecular complexity index is 189. The van der Waals surface area contributed by atoms with Crippen LogP contribution in [0.15, 0.2) is 5.51 Å². The molecule has 0 fully saturated rings. The van der Waals surface area contributed by atoms with Crippen molar-refractivity contribution in [3.63, 3.8) is 0 Å². The lowest BCUT2D eigenvalue weighted by atomic mass is 10.0. The van der Waals surface area contributed by atoms with Gasteiger partial charge < -0.3 is 0 Å². The van der Waals surface area contributed by atoms with E-state index in [1.165, 1.54) is 36.3 Å². The molecule has 0 unspecified atom stereocenters. The normalized spacial score (nSPS) is 15.6. The van der Waals surface area contributed by atoms with Crippen molar-refractivity contribution in [2.75, 3.05) is 0 Å². The summed E-state index contributed by atoms with van der Waals surface area (Å²) in [5, 5.41) is 0. The van der Waals surface area contributed by atoms with E-state index in [0.717, 1.165) is 0 Å². The van der Waals surface area contributed by atoms with Crippen LogP contribution in [0.25, 0.3) is 0 Å². The van der Waals surface area contributed by atoms with Gasteiger partial charge in [0, 0.05) is 4.88 Å². The summed E-state index contributed by atoms with van der Waals surface area (Å²) in [4.78, 5) is 5.80. The molecule has 0 aromatic carbocycles. The molecule has 0 aliphatic heterocycles. The van der Waals surface area contributed by atoms with E-state index < -0.39 is 0 Å². The van der Waals surface area contributed by atoms with Gasteiger partial charge in [0.25, 0.3) is 0 Å². The van der Waals surface area contributed by atoms with Crippen molar-refractivity contribution >= 4 is 28.3 Å². The zero-order chi connectivity index (χ0) is 6.10. The van der Waals surface area contributed by atoms with Gasteiger partial charge in [-0.15, -0.1) is 28.3 Å². The maximum Gasteiger partial charge on any atom is 0.0797 e. The number of rotatable bonds is 0. The SMILES string of the molecule is Br.c1nc2c(s1)CCCC2. The molecule has 0 amide bonds. The van der Waals surface area contributed by atoms with Crippen molar-refractivity contribution in [1.29, 1.82) is 0 Å². The van der Waals surface area contributed by atoms with E-state index in [0.29, 0.717) is 0 Å². The minimum atomic E-state index is 0. The number of aromatic nitrogens is 1. The van der Waals surface area contributed by atoms with E-state index >= 15 is 0 Å². The Morgan fingerprint density at radius 2 is 2.10 bits per heavy atom. The number of hydrogen-bond donors (Lipinski definition) is 0. The molecule has 0 atom stereocenters. The minimum absolute atomic E-state index is 0. The van der Waals surface area contributed by atoms with Crippen LogP contribution in [0.4, 0.5) is 0 Å². The fourth-order valence-corrected chi connectivity index (χ4v) is 2.14. The van der Waals surface area contributed by atoms with Crippen LogP contribution in [0.1, 0.15) is 23.4 Å². The lowest BCUT2D eigenvalue weighted by Crippen LogP contribution is -1.98. The molecule has 1 aliphatic carbocycles. The summed E-state index contributed by atoms with van der Waals surface area (Å²) in [5.74, 6) is 0. The van der Waals surface area contributed by atoms with Crippen molar-refractivity contribution in [2.24, 2.45) is 0 Å². The van der Waals surface area contributed by atoms with E-state index in [2.05, 4.69) is 4.98 Å². The van der Waals surface area contributed by atoms with Crippen LogP contribution < -0.4 is 0 Å². The highest BCUT2D eigenvalue weighted by atomic mass is 79.9. The topological polar surface area (TPSA) is 12.9 Å². The van der Waals surface area contributed by atoms with Crippen LogP contribution >= 0.6 is 28.3 Å². The molecule has 1 nitrogen and oxygen atoms in total. The Labute approximate surface area is 75.3 Å². The quantitative estimate of drug-likeness (QED) is 0.654. The average molecular weight is 220 g/mol. The molecular weight excluding hydrogens is 210 g/mol. The van der Waals surface area contributed by atoms with Crippen LogP contribution in [0.2, 0.25) is 0 Å². The summed E-state index contributed by atoms with van der Waals surface area (Å²) in [6.45, 7) is 0. The van der Waals surface area contributed by atoms with Gasteiger partial charge >= 0.3 is 0 Å². The van der Waals surface area contributed by atoms with Gasteiger partial charge in [-0.25, -0.2) is 4.98 Å². The summed E-state index contributed by atoms with van der Waals surface area (Å²) >= 11 is 1.81. The number of fused-ring (bicyclic) bond motifs is 1. The molecule has 56 valence electrons. The van der Waals surface area contributed by atoms with Gasteiger partial charge in [0.15, 0.2) is 0 Å². The fourth-order valence-electron chi connectivity index (χ4n) is 1.28. The van der Waals surface area contributed by atoms with E-state index in [1.54, 1.807) is 0 Å². The predicted octanol–water partition coefficient (Wildman–Crippen LogP) is 2.60. The van der Waals surface area contributed by atoms with Crippen LogP contribution in [0, 0.1) is 0 Å². The maximum atomic E-state index is 4.28. The fraction of sp³-hybridized carbons (Fsp3) is 0.571. The zero-order valence-electron chi connectivity index (χ0n) is 5.67. The molecule has 1 aliphatic rings. The first-order valence-corrected chi connectivity index (χ1v) is 4.26. The predicted molar refractivity (Wildman–Crippen MR) is 49.1 cm³/mol. The third-order valence-corrected chi connectivity index (χ3v) is 2.73. The zero-order valence-corrected chi connectivity index (χ0v) is 8.20. The molecule has 2 rings (SSSR count). The summed E-state index contributed by atoms with van der Waals surface area (Å²) in [5.41, 5.74) is 3.34. The van der Waals surface area contributed by atoms with Gasteiger partial charge in [0.1, 0.15) is 0 Å². The van der Waals surface area contributed by atoms with Gasteiger partial charge in [-0.05, 0) is 25.7 Å². The molecule has 0 bridgehead atoms. The number of aryl methyl sites for hydroxylation is 2. The highest BCUT2D eigenvalue weighted by molar-refractivity contribution is 8.93. The third-order valence-electron chi connectivity index (χ3n) is 1.79. The van der Waals surface area contributed by atoms with Gasteiger partial charge in [0.05, 0.1) is 11.2 Å². The molecule has 1 aromatic rings. The average Bonchev–Trinajstić information content (AvgIpc) is 2.33. The van der Waals surface area contributed by atoms with Crippen molar-refractivity contribution in [1.82, 2.24) is 4.98 Å². The number of nitrogens with zero attached hydrogens (tertiary/aromatic N) is 1. The van der Waals surface area contributed by atoms with E-state index in [9.17, 15) is 0 Å². The second kappa shape index (κ2) is 3.49. The first-order valence-electron chi connectivity index (χ1n) is 3.38. The van der Waals surface area contributed by atoms with E-state index in [-0.39, 0.29) is 17.0 Å². The van der Waals surface area contributed by atoms with E-state index in [1.807, 2.05) is 16.8 Å². The Hall–Kier alpha value is 0.110. The largest absolute Gasteiger partial charge is 0.249 e. The molecule has 0 saturated carbocycles. The number of thiazole rings is 1. The first kappa shape index (κ1) is 8.21. The van der Waals surface area contributed by atoms with Crippen molar-refractivity contribution in [2.45, 2.75) is 25.7 Å².